The Balaban J connectivity index is 1.50. The molecule has 0 aromatic rings. The molecule has 23 nitrogen and oxygen atoms in total. The van der Waals surface area contributed by atoms with Crippen LogP contribution in [-0.4, -0.2) is 215 Å². The molecule has 3 fully saturated rings. The highest BCUT2D eigenvalue weighted by atomic mass is 16.8. The van der Waals surface area contributed by atoms with E-state index in [1.54, 1.807) is 0 Å². The van der Waals surface area contributed by atoms with Gasteiger partial charge >= 0.3 is 5.97 Å². The number of aliphatic carboxylic acids is 1. The van der Waals surface area contributed by atoms with Crippen molar-refractivity contribution in [2.45, 2.75) is 445 Å². The number of carboxylic acids is 1. The molecule has 0 aliphatic carbocycles. The van der Waals surface area contributed by atoms with Crippen LogP contribution in [0.5, 0.6) is 0 Å². The third-order valence-electron chi connectivity index (χ3n) is 21.0. The fourth-order valence-electron chi connectivity index (χ4n) is 14.5. The maximum Gasteiger partial charge on any atom is 0.364 e. The highest BCUT2D eigenvalue weighted by Crippen LogP contribution is 2.39. The van der Waals surface area contributed by atoms with Crippen molar-refractivity contribution in [2.24, 2.45) is 0 Å². The molecule has 23 heteroatoms. The Morgan fingerprint density at radius 2 is 0.912 bits per heavy atom. The first-order valence-electron chi connectivity index (χ1n) is 41.0. The summed E-state index contributed by atoms with van der Waals surface area (Å²) in [5, 5.41) is 137. The molecule has 14 N–H and O–H groups in total. The predicted molar refractivity (Wildman–Crippen MR) is 394 cm³/mol. The summed E-state index contributed by atoms with van der Waals surface area (Å²) in [6, 6.07) is -2.53. The van der Waals surface area contributed by atoms with Crippen LogP contribution in [0.15, 0.2) is 12.2 Å². The van der Waals surface area contributed by atoms with E-state index in [0.29, 0.717) is 19.3 Å². The first-order valence-corrected chi connectivity index (χ1v) is 41.0. The first-order chi connectivity index (χ1) is 49.4. The molecule has 3 aliphatic rings. The number of carbonyl (C=O) groups is 3. The van der Waals surface area contributed by atoms with Crippen molar-refractivity contribution < 1.29 is 104 Å². The summed E-state index contributed by atoms with van der Waals surface area (Å²) in [6.07, 6.45) is 33.4. The molecule has 0 bridgehead atoms. The lowest BCUT2D eigenvalue weighted by molar-refractivity contribution is -0.386. The molecule has 0 radical (unpaired) electrons. The zero-order chi connectivity index (χ0) is 74.6. The fourth-order valence-corrected chi connectivity index (χ4v) is 14.5. The number of rotatable bonds is 65. The predicted octanol–water partition coefficient (Wildman–Crippen LogP) is 11.0. The van der Waals surface area contributed by atoms with Crippen molar-refractivity contribution >= 4 is 17.8 Å². The Bertz CT molecular complexity index is 2080. The molecule has 102 heavy (non-hydrogen) atoms. The van der Waals surface area contributed by atoms with Gasteiger partial charge in [0.15, 0.2) is 12.6 Å². The topological polar surface area (TPSA) is 373 Å². The molecule has 0 saturated carbocycles. The summed E-state index contributed by atoms with van der Waals surface area (Å²) < 4.78 is 35.0. The maximum absolute atomic E-state index is 13.6. The van der Waals surface area contributed by atoms with E-state index in [1.165, 1.54) is 231 Å². The number of aliphatic hydroxyl groups is 11. The zero-order valence-electron chi connectivity index (χ0n) is 63.5. The second-order valence-electron chi connectivity index (χ2n) is 30.0. The zero-order valence-corrected chi connectivity index (χ0v) is 63.5. The van der Waals surface area contributed by atoms with Crippen molar-refractivity contribution in [1.82, 2.24) is 10.6 Å². The van der Waals surface area contributed by atoms with Gasteiger partial charge in [-0.1, -0.05) is 289 Å². The minimum absolute atomic E-state index is 0.225. The summed E-state index contributed by atoms with van der Waals surface area (Å²) in [5.41, 5.74) is 0. The van der Waals surface area contributed by atoms with E-state index in [9.17, 15) is 75.7 Å². The number of nitrogens with one attached hydrogen (secondary N) is 2. The fraction of sp³-hybridized carbons (Fsp3) is 0.937. The number of allylic oxidation sites excluding steroid dienone is 2. The molecule has 3 rings (SSSR count). The van der Waals surface area contributed by atoms with E-state index < -0.39 is 148 Å². The molecule has 0 aromatic carbocycles. The van der Waals surface area contributed by atoms with Gasteiger partial charge in [-0.3, -0.25) is 9.59 Å². The second-order valence-corrected chi connectivity index (χ2v) is 30.0. The van der Waals surface area contributed by atoms with Gasteiger partial charge in [-0.2, -0.15) is 0 Å². The van der Waals surface area contributed by atoms with Gasteiger partial charge in [0.05, 0.1) is 50.7 Å². The lowest BCUT2D eigenvalue weighted by atomic mass is 9.88. The third-order valence-corrected chi connectivity index (χ3v) is 21.0. The quantitative estimate of drug-likeness (QED) is 0.0199. The molecule has 0 aromatic heterocycles. The monoisotopic (exact) mass is 1460 g/mol. The molecule has 18 unspecified atom stereocenters. The number of hydrogen-bond acceptors (Lipinski definition) is 20. The van der Waals surface area contributed by atoms with Crippen LogP contribution in [0.2, 0.25) is 0 Å². The van der Waals surface area contributed by atoms with Crippen LogP contribution in [-0.2, 0) is 42.8 Å². The Hall–Kier alpha value is -2.53. The van der Waals surface area contributed by atoms with Crippen LogP contribution in [0.3, 0.4) is 0 Å². The number of carboxylic acid groups (broad SMARTS) is 1. The van der Waals surface area contributed by atoms with Crippen LogP contribution in [0.25, 0.3) is 0 Å². The van der Waals surface area contributed by atoms with Crippen molar-refractivity contribution in [3.63, 3.8) is 0 Å². The standard InChI is InChI=1S/C79H148N2O21/c1-4-6-8-10-12-14-16-18-20-22-24-26-27-28-29-30-31-33-35-37-39-41-43-45-47-49-51-53-66(89)81-60(61(86)52-50-48-46-44-42-40-38-36-34-32-25-23-21-19-17-15-13-11-9-7-5-2)58-97-76-71(93)70(92)73(65(57-84)99-76)100-77-72(94)75(69(91)64(56-83)98-77)102-79(78(95)96)54-62(87)67(80-59(3)85)74(101-79)68(90)63(88)55-82/h28-29,60-65,67-77,82-84,86-88,90-94H,4-27,30-58H2,1-3H3,(H,80,85)(H,81,89)(H,95,96)/b29-28-. The number of carbonyl (C=O) groups excluding carboxylic acids is 2. The molecule has 600 valence electrons. The summed E-state index contributed by atoms with van der Waals surface area (Å²) in [5.74, 6) is -6.09. The summed E-state index contributed by atoms with van der Waals surface area (Å²) in [4.78, 5) is 38.7. The molecule has 3 saturated heterocycles. The molecular formula is C79H148N2O21. The van der Waals surface area contributed by atoms with Crippen LogP contribution in [0.1, 0.15) is 335 Å². The van der Waals surface area contributed by atoms with Gasteiger partial charge in [0.25, 0.3) is 5.79 Å². The third kappa shape index (κ3) is 38.5. The van der Waals surface area contributed by atoms with E-state index in [2.05, 4.69) is 36.6 Å². The van der Waals surface area contributed by atoms with E-state index in [1.807, 2.05) is 0 Å². The van der Waals surface area contributed by atoms with Crippen molar-refractivity contribution in [1.29, 1.82) is 0 Å². The SMILES string of the molecule is CCCCCCCCCCCCCC/C=C\CCCCCCCCCCCCCC(=O)NC(COC1OC(CO)C(OC2OC(CO)C(O)C(OC3(C(=O)O)CC(O)C(NC(C)=O)C(C(O)C(O)CO)O3)C2O)C(O)C1O)C(O)CCCCCCCCCCCCCCCCCCCCCCC. The van der Waals surface area contributed by atoms with E-state index >= 15 is 0 Å². The molecular weight excluding hydrogens is 1310 g/mol. The van der Waals surface area contributed by atoms with Gasteiger partial charge in [0.2, 0.25) is 11.8 Å². The smallest absolute Gasteiger partial charge is 0.364 e. The molecule has 18 atom stereocenters. The van der Waals surface area contributed by atoms with Gasteiger partial charge in [0, 0.05) is 19.8 Å². The number of aliphatic hydroxyl groups excluding tert-OH is 11. The Kier molecular flexibility index (Phi) is 53.7. The summed E-state index contributed by atoms with van der Waals surface area (Å²) in [7, 11) is 0. The largest absolute Gasteiger partial charge is 0.477 e. The lowest BCUT2D eigenvalue weighted by Crippen LogP contribution is -2.70. The second kappa shape index (κ2) is 58.5. The molecule has 3 aliphatic heterocycles. The van der Waals surface area contributed by atoms with Gasteiger partial charge in [-0.05, 0) is 38.5 Å². The minimum atomic E-state index is -3.08. The Labute approximate surface area is 613 Å². The van der Waals surface area contributed by atoms with Crippen LogP contribution < -0.4 is 10.6 Å². The molecule has 3 heterocycles. The highest BCUT2D eigenvalue weighted by Gasteiger charge is 2.60. The van der Waals surface area contributed by atoms with Crippen molar-refractivity contribution in [3.8, 4) is 0 Å². The normalized spacial score (nSPS) is 26.7. The Morgan fingerprint density at radius 1 is 0.500 bits per heavy atom. The molecule has 0 spiro atoms. The van der Waals surface area contributed by atoms with Crippen LogP contribution in [0.4, 0.5) is 0 Å². The average molecular weight is 1460 g/mol. The number of hydrogen-bond donors (Lipinski definition) is 14. The number of amides is 2. The van der Waals surface area contributed by atoms with E-state index in [0.717, 1.165) is 58.3 Å². The molecule has 2 amide bonds. The van der Waals surface area contributed by atoms with Crippen molar-refractivity contribution in [2.75, 3.05) is 26.4 Å². The first kappa shape index (κ1) is 93.7. The van der Waals surface area contributed by atoms with Gasteiger partial charge in [-0.25, -0.2) is 4.79 Å². The summed E-state index contributed by atoms with van der Waals surface area (Å²) in [6.45, 7) is 2.26. The highest BCUT2D eigenvalue weighted by molar-refractivity contribution is 5.77. The van der Waals surface area contributed by atoms with Crippen LogP contribution >= 0.6 is 0 Å². The minimum Gasteiger partial charge on any atom is -0.477 e. The van der Waals surface area contributed by atoms with Crippen LogP contribution in [0, 0.1) is 0 Å². The number of ether oxygens (including phenoxy) is 6. The van der Waals surface area contributed by atoms with Gasteiger partial charge < -0.3 is 100 Å². The van der Waals surface area contributed by atoms with E-state index in [4.69, 9.17) is 28.4 Å². The maximum atomic E-state index is 13.6. The summed E-state index contributed by atoms with van der Waals surface area (Å²) >= 11 is 0. The van der Waals surface area contributed by atoms with Gasteiger partial charge in [-0.15, -0.1) is 0 Å². The van der Waals surface area contributed by atoms with Gasteiger partial charge in [0.1, 0.15) is 67.1 Å². The van der Waals surface area contributed by atoms with Crippen molar-refractivity contribution in [3.05, 3.63) is 12.2 Å². The average Bonchev–Trinajstić information content (AvgIpc) is 0.755. The Morgan fingerprint density at radius 3 is 1.32 bits per heavy atom. The lowest BCUT2D eigenvalue weighted by Gasteiger charge is -2.50. The number of unbranched alkanes of at least 4 members (excludes halogenated alkanes) is 43. The van der Waals surface area contributed by atoms with E-state index in [-0.39, 0.29) is 18.9 Å².